The summed E-state index contributed by atoms with van der Waals surface area (Å²) in [5.41, 5.74) is 1.56. The van der Waals surface area contributed by atoms with E-state index in [4.69, 9.17) is 9.47 Å². The Balaban J connectivity index is 1.77. The fraction of sp³-hybridized carbons (Fsp3) is 0.421. The molecule has 1 aromatic heterocycles. The van der Waals surface area contributed by atoms with E-state index in [2.05, 4.69) is 10.4 Å². The SMILES string of the molecule is COc1ccc(C(NC(=O)c2cnn(C3CCOCC3)c2C)C(=O)O)cc1. The van der Waals surface area contributed by atoms with Gasteiger partial charge in [0, 0.05) is 18.9 Å². The van der Waals surface area contributed by atoms with Gasteiger partial charge in [0.25, 0.3) is 5.91 Å². The summed E-state index contributed by atoms with van der Waals surface area (Å²) in [5, 5.41) is 16.5. The van der Waals surface area contributed by atoms with Gasteiger partial charge in [-0.1, -0.05) is 12.1 Å². The van der Waals surface area contributed by atoms with Crippen LogP contribution in [-0.2, 0) is 9.53 Å². The highest BCUT2D eigenvalue weighted by atomic mass is 16.5. The average molecular weight is 373 g/mol. The normalized spacial score (nSPS) is 15.9. The molecule has 27 heavy (non-hydrogen) atoms. The number of nitrogens with one attached hydrogen (secondary N) is 1. The Labute approximate surface area is 157 Å². The molecule has 0 bridgehead atoms. The molecule has 144 valence electrons. The van der Waals surface area contributed by atoms with Crippen LogP contribution in [0.2, 0.25) is 0 Å². The molecule has 1 atom stereocenters. The maximum Gasteiger partial charge on any atom is 0.330 e. The third-order valence-electron chi connectivity index (χ3n) is 4.80. The molecule has 0 saturated carbocycles. The van der Waals surface area contributed by atoms with Gasteiger partial charge in [-0.25, -0.2) is 4.79 Å². The minimum Gasteiger partial charge on any atom is -0.497 e. The van der Waals surface area contributed by atoms with Crippen LogP contribution in [0.15, 0.2) is 30.5 Å². The van der Waals surface area contributed by atoms with Gasteiger partial charge in [0.15, 0.2) is 6.04 Å². The summed E-state index contributed by atoms with van der Waals surface area (Å²) in [5.74, 6) is -0.986. The maximum absolute atomic E-state index is 12.7. The molecule has 1 unspecified atom stereocenters. The molecule has 1 aromatic carbocycles. The number of methoxy groups -OCH3 is 1. The highest BCUT2D eigenvalue weighted by Crippen LogP contribution is 2.24. The number of ether oxygens (including phenoxy) is 2. The molecule has 1 aliphatic heterocycles. The van der Waals surface area contributed by atoms with Crippen molar-refractivity contribution in [2.75, 3.05) is 20.3 Å². The van der Waals surface area contributed by atoms with Gasteiger partial charge in [0.2, 0.25) is 0 Å². The quantitative estimate of drug-likeness (QED) is 0.804. The molecule has 2 aromatic rings. The van der Waals surface area contributed by atoms with Crippen molar-refractivity contribution in [2.24, 2.45) is 0 Å². The number of hydrogen-bond donors (Lipinski definition) is 2. The predicted octanol–water partition coefficient (Wildman–Crippen LogP) is 2.11. The molecule has 1 saturated heterocycles. The van der Waals surface area contributed by atoms with E-state index in [0.717, 1.165) is 18.5 Å². The number of carbonyl (C=O) groups excluding carboxylic acids is 1. The second kappa shape index (κ2) is 8.22. The lowest BCUT2D eigenvalue weighted by Gasteiger charge is -2.23. The van der Waals surface area contributed by atoms with Gasteiger partial charge in [0.05, 0.1) is 24.9 Å². The van der Waals surface area contributed by atoms with Crippen LogP contribution in [0.5, 0.6) is 5.75 Å². The third kappa shape index (κ3) is 4.11. The van der Waals surface area contributed by atoms with Crippen molar-refractivity contribution in [3.8, 4) is 5.75 Å². The summed E-state index contributed by atoms with van der Waals surface area (Å²) in [6.45, 7) is 3.16. The van der Waals surface area contributed by atoms with Crippen LogP contribution in [0.1, 0.15) is 46.5 Å². The van der Waals surface area contributed by atoms with Gasteiger partial charge in [-0.2, -0.15) is 5.10 Å². The van der Waals surface area contributed by atoms with Gasteiger partial charge >= 0.3 is 5.97 Å². The van der Waals surface area contributed by atoms with Gasteiger partial charge in [-0.05, 0) is 37.5 Å². The molecule has 1 aliphatic rings. The van der Waals surface area contributed by atoms with Crippen molar-refractivity contribution in [1.82, 2.24) is 15.1 Å². The zero-order chi connectivity index (χ0) is 19.4. The summed E-state index contributed by atoms with van der Waals surface area (Å²) in [7, 11) is 1.53. The van der Waals surface area contributed by atoms with Crippen LogP contribution >= 0.6 is 0 Å². The molecule has 3 rings (SSSR count). The summed E-state index contributed by atoms with van der Waals surface area (Å²) >= 11 is 0. The lowest BCUT2D eigenvalue weighted by molar-refractivity contribution is -0.139. The molecular formula is C19H23N3O5. The Hall–Kier alpha value is -2.87. The topological polar surface area (TPSA) is 103 Å². The fourth-order valence-corrected chi connectivity index (χ4v) is 3.24. The van der Waals surface area contributed by atoms with Crippen LogP contribution < -0.4 is 10.1 Å². The molecule has 1 amide bonds. The first kappa shape index (κ1) is 18.9. The highest BCUT2D eigenvalue weighted by Gasteiger charge is 2.26. The number of carbonyl (C=O) groups is 2. The van der Waals surface area contributed by atoms with Crippen molar-refractivity contribution in [1.29, 1.82) is 0 Å². The Kier molecular flexibility index (Phi) is 5.75. The average Bonchev–Trinajstić information content (AvgIpc) is 3.08. The summed E-state index contributed by atoms with van der Waals surface area (Å²) in [6, 6.07) is 5.59. The Bertz CT molecular complexity index is 809. The Morgan fingerprint density at radius 3 is 2.56 bits per heavy atom. The van der Waals surface area contributed by atoms with Crippen molar-refractivity contribution < 1.29 is 24.2 Å². The molecule has 2 heterocycles. The van der Waals surface area contributed by atoms with E-state index in [1.54, 1.807) is 24.3 Å². The third-order valence-corrected chi connectivity index (χ3v) is 4.80. The predicted molar refractivity (Wildman–Crippen MR) is 96.9 cm³/mol. The number of benzene rings is 1. The zero-order valence-electron chi connectivity index (χ0n) is 15.3. The van der Waals surface area contributed by atoms with Crippen LogP contribution in [0.25, 0.3) is 0 Å². The van der Waals surface area contributed by atoms with Gasteiger partial charge in [0.1, 0.15) is 5.75 Å². The number of carboxylic acids is 1. The maximum atomic E-state index is 12.7. The minimum absolute atomic E-state index is 0.192. The van der Waals surface area contributed by atoms with Crippen molar-refractivity contribution in [3.05, 3.63) is 47.3 Å². The number of nitrogens with zero attached hydrogens (tertiary/aromatic N) is 2. The van der Waals surface area contributed by atoms with E-state index >= 15 is 0 Å². The van der Waals surface area contributed by atoms with E-state index in [9.17, 15) is 14.7 Å². The summed E-state index contributed by atoms with van der Waals surface area (Å²) in [6.07, 6.45) is 3.17. The highest BCUT2D eigenvalue weighted by molar-refractivity contribution is 5.97. The number of amides is 1. The molecule has 0 spiro atoms. The second-order valence-electron chi connectivity index (χ2n) is 6.45. The van der Waals surface area contributed by atoms with E-state index in [1.807, 2.05) is 11.6 Å². The van der Waals surface area contributed by atoms with Crippen molar-refractivity contribution in [3.63, 3.8) is 0 Å². The Morgan fingerprint density at radius 1 is 1.30 bits per heavy atom. The molecular weight excluding hydrogens is 350 g/mol. The smallest absolute Gasteiger partial charge is 0.330 e. The molecule has 1 fully saturated rings. The number of carboxylic acid groups (broad SMARTS) is 1. The Morgan fingerprint density at radius 2 is 1.96 bits per heavy atom. The van der Waals surface area contributed by atoms with E-state index in [-0.39, 0.29) is 6.04 Å². The fourth-order valence-electron chi connectivity index (χ4n) is 3.24. The zero-order valence-corrected chi connectivity index (χ0v) is 15.3. The molecule has 8 nitrogen and oxygen atoms in total. The lowest BCUT2D eigenvalue weighted by atomic mass is 10.1. The first-order chi connectivity index (χ1) is 13.0. The van der Waals surface area contributed by atoms with Crippen LogP contribution in [0, 0.1) is 6.92 Å². The lowest BCUT2D eigenvalue weighted by Crippen LogP contribution is -2.34. The van der Waals surface area contributed by atoms with Crippen LogP contribution in [0.3, 0.4) is 0 Å². The molecule has 0 aliphatic carbocycles. The van der Waals surface area contributed by atoms with E-state index < -0.39 is 17.9 Å². The number of aliphatic carboxylic acids is 1. The second-order valence-corrected chi connectivity index (χ2v) is 6.45. The first-order valence-electron chi connectivity index (χ1n) is 8.80. The van der Waals surface area contributed by atoms with Gasteiger partial charge < -0.3 is 19.9 Å². The molecule has 0 radical (unpaired) electrons. The standard InChI is InChI=1S/C19H23N3O5/c1-12-16(11-20-22(12)14-7-9-27-10-8-14)18(23)21-17(19(24)25)13-3-5-15(26-2)6-4-13/h3-6,11,14,17H,7-10H2,1-2H3,(H,21,23)(H,24,25). The van der Waals surface area contributed by atoms with Crippen LogP contribution in [-0.4, -0.2) is 47.1 Å². The van der Waals surface area contributed by atoms with E-state index in [1.165, 1.54) is 13.3 Å². The monoisotopic (exact) mass is 373 g/mol. The number of hydrogen-bond acceptors (Lipinski definition) is 5. The van der Waals surface area contributed by atoms with Crippen molar-refractivity contribution >= 4 is 11.9 Å². The van der Waals surface area contributed by atoms with E-state index in [0.29, 0.717) is 30.1 Å². The number of rotatable bonds is 6. The summed E-state index contributed by atoms with van der Waals surface area (Å²) < 4.78 is 12.3. The molecule has 2 N–H and O–H groups in total. The minimum atomic E-state index is -1.16. The van der Waals surface area contributed by atoms with Gasteiger partial charge in [-0.3, -0.25) is 9.48 Å². The molecule has 8 heteroatoms. The van der Waals surface area contributed by atoms with Gasteiger partial charge in [-0.15, -0.1) is 0 Å². The summed E-state index contributed by atoms with van der Waals surface area (Å²) in [4.78, 5) is 24.4. The first-order valence-corrected chi connectivity index (χ1v) is 8.80. The largest absolute Gasteiger partial charge is 0.497 e. The number of aromatic nitrogens is 2. The van der Waals surface area contributed by atoms with Crippen LogP contribution in [0.4, 0.5) is 0 Å². The van der Waals surface area contributed by atoms with Crippen molar-refractivity contribution in [2.45, 2.75) is 31.8 Å².